The zero-order valence-electron chi connectivity index (χ0n) is 18.3. The molecule has 0 N–H and O–H groups in total. The van der Waals surface area contributed by atoms with Crippen LogP contribution in [0.15, 0.2) is 59.3 Å². The van der Waals surface area contributed by atoms with Crippen molar-refractivity contribution < 1.29 is 48.7 Å². The molecular formula is C23H18N5NaO4. The molecule has 10 heteroatoms. The summed E-state index contributed by atoms with van der Waals surface area (Å²) in [5.74, 6) is -0.0798. The molecule has 0 aliphatic rings. The molecule has 0 spiro atoms. The van der Waals surface area contributed by atoms with Crippen molar-refractivity contribution in [1.82, 2.24) is 19.9 Å². The molecule has 4 rings (SSSR count). The van der Waals surface area contributed by atoms with Crippen LogP contribution in [0, 0.1) is 6.57 Å². The molecule has 0 saturated heterocycles. The first-order valence-corrected chi connectivity index (χ1v) is 9.79. The smallest absolute Gasteiger partial charge is 0.543 e. The van der Waals surface area contributed by atoms with Gasteiger partial charge in [0.2, 0.25) is 11.5 Å². The van der Waals surface area contributed by atoms with Gasteiger partial charge >= 0.3 is 29.6 Å². The van der Waals surface area contributed by atoms with Gasteiger partial charge in [0.15, 0.2) is 0 Å². The number of carboxylic acid groups (broad SMARTS) is 1. The van der Waals surface area contributed by atoms with Gasteiger partial charge in [-0.15, -0.1) is 0 Å². The van der Waals surface area contributed by atoms with Crippen molar-refractivity contribution in [3.8, 4) is 28.6 Å². The summed E-state index contributed by atoms with van der Waals surface area (Å²) in [6.45, 7) is 11.6. The molecule has 0 amide bonds. The van der Waals surface area contributed by atoms with Crippen molar-refractivity contribution in [2.75, 3.05) is 0 Å². The minimum Gasteiger partial charge on any atom is -0.543 e. The molecule has 0 fully saturated rings. The summed E-state index contributed by atoms with van der Waals surface area (Å²) in [7, 11) is 0. The van der Waals surface area contributed by atoms with Crippen LogP contribution in [0.5, 0.6) is 5.75 Å². The van der Waals surface area contributed by atoms with Crippen molar-refractivity contribution >= 4 is 11.7 Å². The Morgan fingerprint density at radius 1 is 1.18 bits per heavy atom. The first-order valence-electron chi connectivity index (χ1n) is 9.79. The second-order valence-corrected chi connectivity index (χ2v) is 7.27. The van der Waals surface area contributed by atoms with E-state index in [1.807, 2.05) is 38.1 Å². The van der Waals surface area contributed by atoms with Gasteiger partial charge in [-0.1, -0.05) is 29.4 Å². The quantitative estimate of drug-likeness (QED) is 0.295. The average molecular weight is 451 g/mol. The molecule has 160 valence electrons. The van der Waals surface area contributed by atoms with Crippen LogP contribution in [0.4, 0.5) is 5.69 Å². The summed E-state index contributed by atoms with van der Waals surface area (Å²) >= 11 is 0. The van der Waals surface area contributed by atoms with Gasteiger partial charge in [-0.05, 0) is 43.7 Å². The van der Waals surface area contributed by atoms with E-state index in [2.05, 4.69) is 20.1 Å². The second-order valence-electron chi connectivity index (χ2n) is 7.27. The molecule has 0 saturated carbocycles. The van der Waals surface area contributed by atoms with E-state index in [0.29, 0.717) is 35.3 Å². The SMILES string of the molecule is [C-]#[N+]c1cc(-c2nc(-c3ccc(Cn4ccc(C(=O)[O-])n4)cc3)no2)ccc1OC(C)C.[Na+]. The molecule has 2 aromatic carbocycles. The van der Waals surface area contributed by atoms with Crippen molar-refractivity contribution in [1.29, 1.82) is 0 Å². The number of hydrogen-bond acceptors (Lipinski definition) is 7. The maximum absolute atomic E-state index is 10.8. The number of aromatic carboxylic acids is 1. The monoisotopic (exact) mass is 451 g/mol. The van der Waals surface area contributed by atoms with Gasteiger partial charge in [0.1, 0.15) is 11.4 Å². The molecule has 0 aliphatic carbocycles. The fourth-order valence-corrected chi connectivity index (χ4v) is 3.05. The van der Waals surface area contributed by atoms with Crippen LogP contribution in [0.3, 0.4) is 0 Å². The van der Waals surface area contributed by atoms with Crippen LogP contribution in [-0.2, 0) is 6.54 Å². The Balaban J connectivity index is 0.00000306. The van der Waals surface area contributed by atoms with E-state index in [9.17, 15) is 9.90 Å². The van der Waals surface area contributed by atoms with Crippen LogP contribution in [0.2, 0.25) is 0 Å². The van der Waals surface area contributed by atoms with Gasteiger partial charge in [-0.2, -0.15) is 10.1 Å². The summed E-state index contributed by atoms with van der Waals surface area (Å²) in [5, 5.41) is 18.8. The predicted molar refractivity (Wildman–Crippen MR) is 113 cm³/mol. The van der Waals surface area contributed by atoms with Crippen LogP contribution in [0.1, 0.15) is 29.9 Å². The van der Waals surface area contributed by atoms with Crippen LogP contribution >= 0.6 is 0 Å². The average Bonchev–Trinajstić information content (AvgIpc) is 3.44. The summed E-state index contributed by atoms with van der Waals surface area (Å²) in [4.78, 5) is 18.8. The zero-order chi connectivity index (χ0) is 22.7. The number of benzene rings is 2. The van der Waals surface area contributed by atoms with Crippen molar-refractivity contribution in [3.05, 3.63) is 77.4 Å². The largest absolute Gasteiger partial charge is 1.00 e. The van der Waals surface area contributed by atoms with E-state index in [4.69, 9.17) is 15.8 Å². The molecule has 0 bridgehead atoms. The van der Waals surface area contributed by atoms with Gasteiger partial charge in [-0.25, -0.2) is 4.85 Å². The van der Waals surface area contributed by atoms with Gasteiger partial charge in [0.05, 0.1) is 25.2 Å². The second kappa shape index (κ2) is 10.4. The standard InChI is InChI=1S/C23H19N5O4.Na/c1-14(2)31-20-9-8-17(12-19(20)24-3)22-25-21(27-32-22)16-6-4-15(5-7-16)13-28-11-10-18(26-28)23(29)30;/h4-12,14H,13H2,1-2H3,(H,29,30);/q;+1/p-1. The third-order valence-electron chi connectivity index (χ3n) is 4.52. The summed E-state index contributed by atoms with van der Waals surface area (Å²) in [5.41, 5.74) is 2.58. The Morgan fingerprint density at radius 2 is 1.91 bits per heavy atom. The van der Waals surface area contributed by atoms with Crippen LogP contribution in [0.25, 0.3) is 27.7 Å². The van der Waals surface area contributed by atoms with Crippen molar-refractivity contribution in [2.24, 2.45) is 0 Å². The summed E-state index contributed by atoms with van der Waals surface area (Å²) in [6, 6.07) is 14.0. The third kappa shape index (κ3) is 5.68. The normalized spacial score (nSPS) is 10.5. The maximum atomic E-state index is 10.8. The maximum Gasteiger partial charge on any atom is 1.00 e. The minimum absolute atomic E-state index is 0. The fraction of sp³-hybridized carbons (Fsp3) is 0.174. The molecule has 33 heavy (non-hydrogen) atoms. The Morgan fingerprint density at radius 3 is 2.55 bits per heavy atom. The number of nitrogens with zero attached hydrogens (tertiary/aromatic N) is 5. The molecule has 0 aliphatic heterocycles. The molecule has 0 radical (unpaired) electrons. The number of carbonyl (C=O) groups is 1. The summed E-state index contributed by atoms with van der Waals surface area (Å²) in [6.07, 6.45) is 1.54. The number of carbonyl (C=O) groups excluding carboxylic acids is 1. The molecule has 9 nitrogen and oxygen atoms in total. The first-order chi connectivity index (χ1) is 15.4. The van der Waals surface area contributed by atoms with E-state index in [1.165, 1.54) is 10.7 Å². The number of rotatable bonds is 7. The Hall–Kier alpha value is -3.45. The van der Waals surface area contributed by atoms with E-state index < -0.39 is 5.97 Å². The van der Waals surface area contributed by atoms with Gasteiger partial charge in [-0.3, -0.25) is 4.68 Å². The number of ether oxygens (including phenoxy) is 1. The molecule has 2 aromatic heterocycles. The van der Waals surface area contributed by atoms with Gasteiger partial charge in [0.25, 0.3) is 5.89 Å². The molecule has 0 atom stereocenters. The van der Waals surface area contributed by atoms with Gasteiger partial charge < -0.3 is 19.2 Å². The topological polar surface area (TPSA) is 110 Å². The Bertz CT molecular complexity index is 1310. The predicted octanol–water partition coefficient (Wildman–Crippen LogP) is 0.354. The summed E-state index contributed by atoms with van der Waals surface area (Å²) < 4.78 is 12.6. The van der Waals surface area contributed by atoms with E-state index in [1.54, 1.807) is 24.4 Å². The molecular weight excluding hydrogens is 433 g/mol. The van der Waals surface area contributed by atoms with Crippen LogP contribution in [-0.4, -0.2) is 32.0 Å². The van der Waals surface area contributed by atoms with E-state index in [-0.39, 0.29) is 41.4 Å². The first kappa shape index (κ1) is 24.2. The number of aromatic nitrogens is 4. The minimum atomic E-state index is -1.31. The van der Waals surface area contributed by atoms with Crippen LogP contribution < -0.4 is 39.4 Å². The molecule has 2 heterocycles. The Labute approximate surface area is 212 Å². The molecule has 4 aromatic rings. The van der Waals surface area contributed by atoms with Crippen molar-refractivity contribution in [2.45, 2.75) is 26.5 Å². The number of hydrogen-bond donors (Lipinski definition) is 0. The fourth-order valence-electron chi connectivity index (χ4n) is 3.05. The third-order valence-corrected chi connectivity index (χ3v) is 4.52. The zero-order valence-corrected chi connectivity index (χ0v) is 20.3. The van der Waals surface area contributed by atoms with Gasteiger partial charge in [0, 0.05) is 17.3 Å². The van der Waals surface area contributed by atoms with E-state index >= 15 is 0 Å². The number of carboxylic acids is 1. The Kier molecular flexibility index (Phi) is 7.66. The van der Waals surface area contributed by atoms with Crippen molar-refractivity contribution in [3.63, 3.8) is 0 Å². The van der Waals surface area contributed by atoms with E-state index in [0.717, 1.165) is 11.1 Å². The molecule has 0 unspecified atom stereocenters.